The lowest BCUT2D eigenvalue weighted by Crippen LogP contribution is -2.41. The number of carbonyl (C=O) groups is 4. The van der Waals surface area contributed by atoms with Gasteiger partial charge in [-0.25, -0.2) is 0 Å². The molecule has 32 heavy (non-hydrogen) atoms. The normalized spacial score (nSPS) is 16.3. The molecule has 3 N–H and O–H groups in total. The van der Waals surface area contributed by atoms with Crippen molar-refractivity contribution in [3.63, 3.8) is 0 Å². The fourth-order valence-corrected chi connectivity index (χ4v) is 3.64. The molecule has 0 radical (unpaired) electrons. The minimum absolute atomic E-state index is 0.0380. The topological polar surface area (TPSA) is 108 Å². The second kappa shape index (κ2) is 11.1. The highest BCUT2D eigenvalue weighted by molar-refractivity contribution is 5.96. The number of nitrogens with one attached hydrogen (secondary N) is 3. The second-order valence-corrected chi connectivity index (χ2v) is 7.72. The molecule has 1 aliphatic rings. The van der Waals surface area contributed by atoms with Gasteiger partial charge in [0.15, 0.2) is 0 Å². The molecule has 1 saturated heterocycles. The Morgan fingerprint density at radius 1 is 0.938 bits per heavy atom. The van der Waals surface area contributed by atoms with E-state index in [0.29, 0.717) is 12.1 Å². The molecule has 1 fully saturated rings. The van der Waals surface area contributed by atoms with Crippen molar-refractivity contribution in [2.75, 3.05) is 26.2 Å². The molecule has 2 unspecified atom stereocenters. The van der Waals surface area contributed by atoms with Crippen molar-refractivity contribution in [3.8, 4) is 0 Å². The van der Waals surface area contributed by atoms with Crippen molar-refractivity contribution in [1.82, 2.24) is 20.9 Å². The molecule has 0 spiro atoms. The van der Waals surface area contributed by atoms with Crippen LogP contribution in [-0.2, 0) is 14.4 Å². The first kappa shape index (κ1) is 23.0. The third-order valence-corrected chi connectivity index (χ3v) is 5.47. The second-order valence-electron chi connectivity index (χ2n) is 7.72. The van der Waals surface area contributed by atoms with Gasteiger partial charge in [0.1, 0.15) is 0 Å². The van der Waals surface area contributed by atoms with Crippen LogP contribution in [0.15, 0.2) is 60.7 Å². The average Bonchev–Trinajstić information content (AvgIpc) is 3.22. The van der Waals surface area contributed by atoms with Crippen molar-refractivity contribution < 1.29 is 19.2 Å². The van der Waals surface area contributed by atoms with Gasteiger partial charge in [0.05, 0.1) is 18.5 Å². The van der Waals surface area contributed by atoms with E-state index in [9.17, 15) is 19.2 Å². The van der Waals surface area contributed by atoms with Crippen LogP contribution in [0, 0.1) is 5.92 Å². The number of rotatable bonds is 9. The van der Waals surface area contributed by atoms with E-state index < -0.39 is 5.92 Å². The lowest BCUT2D eigenvalue weighted by molar-refractivity contribution is -0.130. The van der Waals surface area contributed by atoms with Crippen LogP contribution >= 0.6 is 0 Å². The molecule has 3 rings (SSSR count). The summed E-state index contributed by atoms with van der Waals surface area (Å²) >= 11 is 0. The number of benzene rings is 2. The van der Waals surface area contributed by atoms with Crippen molar-refractivity contribution in [2.24, 2.45) is 5.92 Å². The summed E-state index contributed by atoms with van der Waals surface area (Å²) < 4.78 is 0. The Hall–Kier alpha value is -3.68. The van der Waals surface area contributed by atoms with Gasteiger partial charge >= 0.3 is 0 Å². The maximum absolute atomic E-state index is 12.5. The zero-order chi connectivity index (χ0) is 22.9. The van der Waals surface area contributed by atoms with Gasteiger partial charge < -0.3 is 20.9 Å². The summed E-state index contributed by atoms with van der Waals surface area (Å²) in [5.41, 5.74) is 1.51. The molecule has 0 bridgehead atoms. The molecule has 0 aromatic heterocycles. The van der Waals surface area contributed by atoms with Crippen LogP contribution in [0.1, 0.15) is 35.3 Å². The number of carbonyl (C=O) groups excluding carboxylic acids is 4. The van der Waals surface area contributed by atoms with Gasteiger partial charge in [-0.05, 0) is 24.6 Å². The molecular weight excluding hydrogens is 408 g/mol. The van der Waals surface area contributed by atoms with Crippen LogP contribution in [0.2, 0.25) is 0 Å². The van der Waals surface area contributed by atoms with Crippen molar-refractivity contribution in [3.05, 3.63) is 71.8 Å². The quantitative estimate of drug-likeness (QED) is 0.515. The number of hydrogen-bond acceptors (Lipinski definition) is 4. The minimum atomic E-state index is -0.408. The third-order valence-electron chi connectivity index (χ3n) is 5.47. The Kier molecular flexibility index (Phi) is 7.96. The molecule has 8 heteroatoms. The Morgan fingerprint density at radius 3 is 2.25 bits per heavy atom. The number of likely N-dealkylation sites (tertiary alicyclic amines) is 1. The molecule has 2 aromatic carbocycles. The van der Waals surface area contributed by atoms with E-state index in [1.54, 1.807) is 35.2 Å². The highest BCUT2D eigenvalue weighted by atomic mass is 16.2. The Morgan fingerprint density at radius 2 is 1.56 bits per heavy atom. The largest absolute Gasteiger partial charge is 0.354 e. The van der Waals surface area contributed by atoms with Crippen LogP contribution in [-0.4, -0.2) is 54.7 Å². The predicted octanol–water partition coefficient (Wildman–Crippen LogP) is 1.26. The van der Waals surface area contributed by atoms with Gasteiger partial charge in [-0.3, -0.25) is 19.2 Å². The molecule has 8 nitrogen and oxygen atoms in total. The van der Waals surface area contributed by atoms with E-state index in [1.807, 2.05) is 37.3 Å². The van der Waals surface area contributed by atoms with Crippen LogP contribution in [0.25, 0.3) is 0 Å². The molecule has 1 aliphatic heterocycles. The fourth-order valence-electron chi connectivity index (χ4n) is 3.64. The molecule has 1 heterocycles. The number of hydrogen-bond donors (Lipinski definition) is 3. The average molecular weight is 437 g/mol. The monoisotopic (exact) mass is 436 g/mol. The van der Waals surface area contributed by atoms with Gasteiger partial charge in [0, 0.05) is 31.6 Å². The standard InChI is InChI=1S/C24H28N4O4/c1-17(18-8-4-2-5-9-18)28-16-20(14-22(28)30)24(32)26-13-12-25-21(29)15-27-23(31)19-10-6-3-7-11-19/h2-11,17,20H,12-16H2,1H3,(H,25,29)(H,26,32)(H,27,31). The first-order chi connectivity index (χ1) is 15.5. The van der Waals surface area contributed by atoms with Gasteiger partial charge in [-0.2, -0.15) is 0 Å². The summed E-state index contributed by atoms with van der Waals surface area (Å²) in [5, 5.41) is 7.96. The van der Waals surface area contributed by atoms with Gasteiger partial charge in [0.25, 0.3) is 5.91 Å². The van der Waals surface area contributed by atoms with Gasteiger partial charge in [-0.15, -0.1) is 0 Å². The van der Waals surface area contributed by atoms with Crippen molar-refractivity contribution >= 4 is 23.6 Å². The first-order valence-electron chi connectivity index (χ1n) is 10.7. The zero-order valence-electron chi connectivity index (χ0n) is 18.0. The molecule has 0 aliphatic carbocycles. The minimum Gasteiger partial charge on any atom is -0.354 e. The van der Waals surface area contributed by atoms with E-state index in [-0.39, 0.29) is 55.7 Å². The Balaban J connectivity index is 1.35. The summed E-state index contributed by atoms with van der Waals surface area (Å²) in [6, 6.07) is 18.3. The van der Waals surface area contributed by atoms with Crippen LogP contribution in [0.3, 0.4) is 0 Å². The lowest BCUT2D eigenvalue weighted by Gasteiger charge is -2.25. The number of amides is 4. The molecular formula is C24H28N4O4. The van der Waals surface area contributed by atoms with E-state index >= 15 is 0 Å². The summed E-state index contributed by atoms with van der Waals surface area (Å²) in [7, 11) is 0. The highest BCUT2D eigenvalue weighted by Gasteiger charge is 2.36. The Labute approximate surface area is 187 Å². The van der Waals surface area contributed by atoms with E-state index in [1.165, 1.54) is 0 Å². The van der Waals surface area contributed by atoms with Crippen LogP contribution < -0.4 is 16.0 Å². The molecule has 2 atom stereocenters. The van der Waals surface area contributed by atoms with E-state index in [4.69, 9.17) is 0 Å². The zero-order valence-corrected chi connectivity index (χ0v) is 18.0. The molecule has 168 valence electrons. The SMILES string of the molecule is CC(c1ccccc1)N1CC(C(=O)NCCNC(=O)CNC(=O)c2ccccc2)CC1=O. The summed E-state index contributed by atoms with van der Waals surface area (Å²) in [5.74, 6) is -1.32. The van der Waals surface area contributed by atoms with Crippen molar-refractivity contribution in [1.29, 1.82) is 0 Å². The van der Waals surface area contributed by atoms with Crippen molar-refractivity contribution in [2.45, 2.75) is 19.4 Å². The number of nitrogens with zero attached hydrogens (tertiary/aromatic N) is 1. The molecule has 0 saturated carbocycles. The first-order valence-corrected chi connectivity index (χ1v) is 10.7. The maximum atomic E-state index is 12.5. The smallest absolute Gasteiger partial charge is 0.251 e. The van der Waals surface area contributed by atoms with Gasteiger partial charge in [-0.1, -0.05) is 48.5 Å². The summed E-state index contributed by atoms with van der Waals surface area (Å²) in [6.07, 6.45) is 0.181. The van der Waals surface area contributed by atoms with Crippen LogP contribution in [0.5, 0.6) is 0 Å². The Bertz CT molecular complexity index is 949. The summed E-state index contributed by atoms with van der Waals surface area (Å²) in [4.78, 5) is 50.4. The summed E-state index contributed by atoms with van der Waals surface area (Å²) in [6.45, 7) is 2.66. The molecule has 4 amide bonds. The molecule has 2 aromatic rings. The van der Waals surface area contributed by atoms with Crippen LogP contribution in [0.4, 0.5) is 0 Å². The van der Waals surface area contributed by atoms with E-state index in [2.05, 4.69) is 16.0 Å². The van der Waals surface area contributed by atoms with Gasteiger partial charge in [0.2, 0.25) is 17.7 Å². The fraction of sp³-hybridized carbons (Fsp3) is 0.333. The maximum Gasteiger partial charge on any atom is 0.251 e. The van der Waals surface area contributed by atoms with E-state index in [0.717, 1.165) is 5.56 Å². The lowest BCUT2D eigenvalue weighted by atomic mass is 10.1. The third kappa shape index (κ3) is 6.16. The highest BCUT2D eigenvalue weighted by Crippen LogP contribution is 2.28. The predicted molar refractivity (Wildman–Crippen MR) is 119 cm³/mol.